The van der Waals surface area contributed by atoms with Gasteiger partial charge in [0.2, 0.25) is 0 Å². The number of aliphatic hydroxyl groups excluding tert-OH is 1. The van der Waals surface area contributed by atoms with E-state index < -0.39 is 18.8 Å². The quantitative estimate of drug-likeness (QED) is 0.602. The van der Waals surface area contributed by atoms with Crippen molar-refractivity contribution in [2.75, 3.05) is 26.8 Å². The van der Waals surface area contributed by atoms with Gasteiger partial charge in [0, 0.05) is 20.2 Å². The molecule has 6 heteroatoms. The summed E-state index contributed by atoms with van der Waals surface area (Å²) in [7, 11) is 1.45. The Morgan fingerprint density at radius 2 is 2.08 bits per heavy atom. The Morgan fingerprint density at radius 1 is 1.50 bits per heavy atom. The van der Waals surface area contributed by atoms with Gasteiger partial charge in [-0.1, -0.05) is 0 Å². The summed E-state index contributed by atoms with van der Waals surface area (Å²) in [5.41, 5.74) is 0. The van der Waals surface area contributed by atoms with Crippen LogP contribution in [0.2, 0.25) is 0 Å². The summed E-state index contributed by atoms with van der Waals surface area (Å²) < 4.78 is 39.5. The van der Waals surface area contributed by atoms with Gasteiger partial charge >= 0.3 is 6.18 Å². The third kappa shape index (κ3) is 5.34. The van der Waals surface area contributed by atoms with Crippen molar-refractivity contribution >= 4 is 0 Å². The number of hydrogen-bond acceptors (Lipinski definition) is 3. The van der Waals surface area contributed by atoms with E-state index in [1.165, 1.54) is 7.11 Å². The molecule has 0 aromatic rings. The molecule has 0 spiro atoms. The highest BCUT2D eigenvalue weighted by atomic mass is 19.4. The van der Waals surface area contributed by atoms with Crippen LogP contribution in [-0.4, -0.2) is 44.2 Å². The zero-order valence-electron chi connectivity index (χ0n) is 6.69. The van der Waals surface area contributed by atoms with E-state index in [0.29, 0.717) is 13.2 Å². The maximum absolute atomic E-state index is 11.6. The van der Waals surface area contributed by atoms with Crippen molar-refractivity contribution in [3.05, 3.63) is 0 Å². The molecule has 12 heavy (non-hydrogen) atoms. The molecular formula is C6H12F3NO2. The van der Waals surface area contributed by atoms with Crippen molar-refractivity contribution in [3.8, 4) is 0 Å². The molecule has 74 valence electrons. The third-order valence-corrected chi connectivity index (χ3v) is 1.20. The van der Waals surface area contributed by atoms with Gasteiger partial charge in [-0.2, -0.15) is 13.2 Å². The third-order valence-electron chi connectivity index (χ3n) is 1.20. The normalized spacial score (nSPS) is 14.8. The van der Waals surface area contributed by atoms with Gasteiger partial charge < -0.3 is 15.2 Å². The maximum Gasteiger partial charge on any atom is 0.415 e. The summed E-state index contributed by atoms with van der Waals surface area (Å²) in [6, 6.07) is 0. The SMILES string of the molecule is COCCNC[C@H](O)C(F)(F)F. The Morgan fingerprint density at radius 3 is 2.50 bits per heavy atom. The minimum atomic E-state index is -4.54. The summed E-state index contributed by atoms with van der Waals surface area (Å²) >= 11 is 0. The molecule has 1 atom stereocenters. The molecule has 0 bridgehead atoms. The second kappa shape index (κ2) is 5.34. The number of rotatable bonds is 5. The molecule has 0 aliphatic heterocycles. The Balaban J connectivity index is 3.38. The van der Waals surface area contributed by atoms with Crippen LogP contribution >= 0.6 is 0 Å². The molecule has 0 aliphatic carbocycles. The predicted molar refractivity (Wildman–Crippen MR) is 36.8 cm³/mol. The molecule has 0 aliphatic rings. The lowest BCUT2D eigenvalue weighted by Gasteiger charge is -2.14. The van der Waals surface area contributed by atoms with Crippen molar-refractivity contribution in [2.45, 2.75) is 12.3 Å². The lowest BCUT2D eigenvalue weighted by molar-refractivity contribution is -0.201. The van der Waals surface area contributed by atoms with E-state index in [4.69, 9.17) is 5.11 Å². The molecule has 0 fully saturated rings. The fraction of sp³-hybridized carbons (Fsp3) is 1.00. The molecule has 0 saturated carbocycles. The summed E-state index contributed by atoms with van der Waals surface area (Å²) in [6.45, 7) is 0.126. The first-order chi connectivity index (χ1) is 5.48. The fourth-order valence-electron chi connectivity index (χ4n) is 0.529. The van der Waals surface area contributed by atoms with Crippen molar-refractivity contribution in [1.29, 1.82) is 0 Å². The molecule has 0 aromatic carbocycles. The van der Waals surface area contributed by atoms with Gasteiger partial charge in [-0.15, -0.1) is 0 Å². The minimum Gasteiger partial charge on any atom is -0.383 e. The van der Waals surface area contributed by atoms with E-state index in [0.717, 1.165) is 0 Å². The van der Waals surface area contributed by atoms with Gasteiger partial charge in [0.25, 0.3) is 0 Å². The van der Waals surface area contributed by atoms with Crippen LogP contribution in [0.3, 0.4) is 0 Å². The molecule has 2 N–H and O–H groups in total. The van der Waals surface area contributed by atoms with Gasteiger partial charge in [-0.3, -0.25) is 0 Å². The number of ether oxygens (including phenoxy) is 1. The molecule has 0 unspecified atom stereocenters. The second-order valence-electron chi connectivity index (χ2n) is 2.25. The Kier molecular flexibility index (Phi) is 5.19. The van der Waals surface area contributed by atoms with E-state index in [1.807, 2.05) is 0 Å². The van der Waals surface area contributed by atoms with E-state index in [9.17, 15) is 13.2 Å². The number of aliphatic hydroxyl groups is 1. The average Bonchev–Trinajstić information content (AvgIpc) is 1.96. The zero-order chi connectivity index (χ0) is 9.61. The monoisotopic (exact) mass is 187 g/mol. The molecule has 0 rings (SSSR count). The summed E-state index contributed by atoms with van der Waals surface area (Å²) in [5.74, 6) is 0. The number of halogens is 3. The van der Waals surface area contributed by atoms with Crippen LogP contribution in [0.15, 0.2) is 0 Å². The predicted octanol–water partition coefficient (Wildman–Crippen LogP) is 0.146. The van der Waals surface area contributed by atoms with E-state index in [-0.39, 0.29) is 0 Å². The van der Waals surface area contributed by atoms with Crippen molar-refractivity contribution in [2.24, 2.45) is 0 Å². The molecule has 0 radical (unpaired) electrons. The van der Waals surface area contributed by atoms with Gasteiger partial charge in [-0.25, -0.2) is 0 Å². The van der Waals surface area contributed by atoms with Gasteiger partial charge in [0.15, 0.2) is 6.10 Å². The second-order valence-corrected chi connectivity index (χ2v) is 2.25. The first kappa shape index (κ1) is 11.7. The lowest BCUT2D eigenvalue weighted by atomic mass is 10.3. The van der Waals surface area contributed by atoms with Gasteiger partial charge in [0.05, 0.1) is 6.61 Å². The minimum absolute atomic E-state index is 0.295. The van der Waals surface area contributed by atoms with Crippen LogP contribution in [0.1, 0.15) is 0 Å². The van der Waals surface area contributed by atoms with Crippen LogP contribution in [0, 0.1) is 0 Å². The largest absolute Gasteiger partial charge is 0.415 e. The molecule has 3 nitrogen and oxygen atoms in total. The number of methoxy groups -OCH3 is 1. The molecule has 0 heterocycles. The molecule has 0 amide bonds. The van der Waals surface area contributed by atoms with Crippen molar-refractivity contribution in [3.63, 3.8) is 0 Å². The molecule has 0 aromatic heterocycles. The highest BCUT2D eigenvalue weighted by Crippen LogP contribution is 2.18. The summed E-state index contributed by atoms with van der Waals surface area (Å²) in [6.07, 6.45) is -6.84. The van der Waals surface area contributed by atoms with E-state index in [2.05, 4.69) is 10.1 Å². The van der Waals surface area contributed by atoms with Crippen LogP contribution in [0.5, 0.6) is 0 Å². The Bertz CT molecular complexity index is 118. The summed E-state index contributed by atoms with van der Waals surface area (Å²) in [4.78, 5) is 0. The standard InChI is InChI=1S/C6H12F3NO2/c1-12-3-2-10-4-5(11)6(7,8)9/h5,10-11H,2-4H2,1H3/t5-/m0/s1. The molecular weight excluding hydrogens is 175 g/mol. The topological polar surface area (TPSA) is 41.5 Å². The zero-order valence-corrected chi connectivity index (χ0v) is 6.69. The van der Waals surface area contributed by atoms with Gasteiger partial charge in [0.1, 0.15) is 0 Å². The Labute approximate surface area is 68.5 Å². The van der Waals surface area contributed by atoms with Gasteiger partial charge in [-0.05, 0) is 0 Å². The number of alkyl halides is 3. The Hall–Kier alpha value is -0.330. The molecule has 0 saturated heterocycles. The lowest BCUT2D eigenvalue weighted by Crippen LogP contribution is -2.39. The van der Waals surface area contributed by atoms with Crippen LogP contribution in [-0.2, 0) is 4.74 Å². The van der Waals surface area contributed by atoms with Crippen LogP contribution < -0.4 is 5.32 Å². The first-order valence-electron chi connectivity index (χ1n) is 3.43. The smallest absolute Gasteiger partial charge is 0.383 e. The highest BCUT2D eigenvalue weighted by molar-refractivity contribution is 4.67. The van der Waals surface area contributed by atoms with Crippen molar-refractivity contribution in [1.82, 2.24) is 5.32 Å². The van der Waals surface area contributed by atoms with Crippen LogP contribution in [0.25, 0.3) is 0 Å². The van der Waals surface area contributed by atoms with E-state index in [1.54, 1.807) is 0 Å². The highest BCUT2D eigenvalue weighted by Gasteiger charge is 2.37. The van der Waals surface area contributed by atoms with Crippen LogP contribution in [0.4, 0.5) is 13.2 Å². The summed E-state index contributed by atoms with van der Waals surface area (Å²) in [5, 5.41) is 10.9. The van der Waals surface area contributed by atoms with E-state index >= 15 is 0 Å². The number of hydrogen-bond donors (Lipinski definition) is 2. The first-order valence-corrected chi connectivity index (χ1v) is 3.43. The average molecular weight is 187 g/mol. The maximum atomic E-state index is 11.6. The number of nitrogens with one attached hydrogen (secondary N) is 1. The van der Waals surface area contributed by atoms with Crippen molar-refractivity contribution < 1.29 is 23.0 Å². The fourth-order valence-corrected chi connectivity index (χ4v) is 0.529.